The largest absolute Gasteiger partial charge is 0.486 e. The van der Waals surface area contributed by atoms with E-state index in [1.807, 2.05) is 36.4 Å². The average molecular weight is 268 g/mol. The van der Waals surface area contributed by atoms with Crippen molar-refractivity contribution in [2.24, 2.45) is 0 Å². The number of hydrogen-bond acceptors (Lipinski definition) is 3. The van der Waals surface area contributed by atoms with Gasteiger partial charge in [-0.25, -0.2) is 0 Å². The molecule has 2 aliphatic rings. The van der Waals surface area contributed by atoms with Crippen molar-refractivity contribution in [3.8, 4) is 11.5 Å². The fraction of sp³-hybridized carbons (Fsp3) is 0.294. The summed E-state index contributed by atoms with van der Waals surface area (Å²) in [6.07, 6.45) is 1.62. The number of benzene rings is 2. The van der Waals surface area contributed by atoms with Crippen LogP contribution in [0.4, 0.5) is 0 Å². The van der Waals surface area contributed by atoms with Crippen molar-refractivity contribution in [2.45, 2.75) is 18.4 Å². The second-order valence-electron chi connectivity index (χ2n) is 5.38. The van der Waals surface area contributed by atoms with E-state index in [1.54, 1.807) is 0 Å². The van der Waals surface area contributed by atoms with Crippen LogP contribution in [0.2, 0.25) is 0 Å². The zero-order valence-electron chi connectivity index (χ0n) is 11.1. The molecule has 3 nitrogen and oxygen atoms in total. The lowest BCUT2D eigenvalue weighted by Crippen LogP contribution is -2.24. The molecule has 3 heteroatoms. The van der Waals surface area contributed by atoms with Gasteiger partial charge in [-0.15, -0.1) is 0 Å². The predicted molar refractivity (Wildman–Crippen MR) is 75.2 cm³/mol. The van der Waals surface area contributed by atoms with Gasteiger partial charge >= 0.3 is 0 Å². The van der Waals surface area contributed by atoms with Gasteiger partial charge in [0.25, 0.3) is 0 Å². The molecule has 1 atom stereocenters. The minimum atomic E-state index is -0.910. The maximum absolute atomic E-state index is 11.1. The zero-order chi connectivity index (χ0) is 13.6. The zero-order valence-corrected chi connectivity index (χ0v) is 11.1. The Balaban J connectivity index is 1.81. The van der Waals surface area contributed by atoms with E-state index in [0.29, 0.717) is 19.6 Å². The summed E-state index contributed by atoms with van der Waals surface area (Å²) in [7, 11) is 0. The van der Waals surface area contributed by atoms with Crippen LogP contribution in [0.5, 0.6) is 11.5 Å². The topological polar surface area (TPSA) is 38.7 Å². The first-order valence-corrected chi connectivity index (χ1v) is 6.98. The fourth-order valence-electron chi connectivity index (χ4n) is 3.19. The fourth-order valence-corrected chi connectivity index (χ4v) is 3.19. The van der Waals surface area contributed by atoms with Crippen LogP contribution in [-0.4, -0.2) is 18.3 Å². The summed E-state index contributed by atoms with van der Waals surface area (Å²) in [5.74, 6) is 1.49. The third-order valence-corrected chi connectivity index (χ3v) is 4.24. The molecule has 20 heavy (non-hydrogen) atoms. The van der Waals surface area contributed by atoms with E-state index in [2.05, 4.69) is 6.07 Å². The van der Waals surface area contributed by atoms with Crippen molar-refractivity contribution in [1.82, 2.24) is 0 Å². The van der Waals surface area contributed by atoms with E-state index in [4.69, 9.17) is 9.47 Å². The molecule has 1 N–H and O–H groups in total. The highest BCUT2D eigenvalue weighted by Gasteiger charge is 2.38. The summed E-state index contributed by atoms with van der Waals surface area (Å²) in [6.45, 7) is 1.14. The van der Waals surface area contributed by atoms with Crippen LogP contribution in [0, 0.1) is 0 Å². The summed E-state index contributed by atoms with van der Waals surface area (Å²) in [4.78, 5) is 0. The lowest BCUT2D eigenvalue weighted by atomic mass is 9.87. The van der Waals surface area contributed by atoms with E-state index >= 15 is 0 Å². The maximum atomic E-state index is 11.1. The van der Waals surface area contributed by atoms with Gasteiger partial charge < -0.3 is 14.6 Å². The third kappa shape index (κ3) is 1.63. The number of ether oxygens (including phenoxy) is 2. The Morgan fingerprint density at radius 3 is 2.65 bits per heavy atom. The second-order valence-corrected chi connectivity index (χ2v) is 5.38. The molecule has 0 spiro atoms. The molecule has 0 bridgehead atoms. The van der Waals surface area contributed by atoms with Gasteiger partial charge in [0.15, 0.2) is 11.5 Å². The second kappa shape index (κ2) is 4.25. The quantitative estimate of drug-likeness (QED) is 0.864. The summed E-state index contributed by atoms with van der Waals surface area (Å²) < 4.78 is 11.2. The van der Waals surface area contributed by atoms with E-state index in [1.165, 1.54) is 5.56 Å². The Morgan fingerprint density at radius 2 is 1.75 bits per heavy atom. The first kappa shape index (κ1) is 11.8. The van der Waals surface area contributed by atoms with Crippen LogP contribution in [-0.2, 0) is 12.0 Å². The minimum Gasteiger partial charge on any atom is -0.486 e. The monoisotopic (exact) mass is 268 g/mol. The highest BCUT2D eigenvalue weighted by molar-refractivity contribution is 5.51. The molecular formula is C17H16O3. The molecule has 4 rings (SSSR count). The lowest BCUT2D eigenvalue weighted by Gasteiger charge is -2.27. The molecule has 1 aliphatic carbocycles. The first-order valence-electron chi connectivity index (χ1n) is 6.98. The normalized spacial score (nSPS) is 23.4. The van der Waals surface area contributed by atoms with Gasteiger partial charge in [-0.2, -0.15) is 0 Å². The summed E-state index contributed by atoms with van der Waals surface area (Å²) in [5.41, 5.74) is 2.21. The highest BCUT2D eigenvalue weighted by atomic mass is 16.6. The number of aliphatic hydroxyl groups is 1. The summed E-state index contributed by atoms with van der Waals surface area (Å²) in [5, 5.41) is 11.1. The number of rotatable bonds is 1. The van der Waals surface area contributed by atoms with Gasteiger partial charge in [0.05, 0.1) is 0 Å². The van der Waals surface area contributed by atoms with Crippen molar-refractivity contribution < 1.29 is 14.6 Å². The highest BCUT2D eigenvalue weighted by Crippen LogP contribution is 2.44. The van der Waals surface area contributed by atoms with Gasteiger partial charge in [-0.05, 0) is 41.7 Å². The molecule has 1 heterocycles. The molecule has 0 saturated heterocycles. The van der Waals surface area contributed by atoms with Crippen LogP contribution >= 0.6 is 0 Å². The van der Waals surface area contributed by atoms with E-state index < -0.39 is 5.60 Å². The van der Waals surface area contributed by atoms with Crippen LogP contribution in [0.25, 0.3) is 0 Å². The van der Waals surface area contributed by atoms with Crippen LogP contribution < -0.4 is 9.47 Å². The molecule has 0 aromatic heterocycles. The van der Waals surface area contributed by atoms with Crippen molar-refractivity contribution >= 4 is 0 Å². The van der Waals surface area contributed by atoms with Crippen molar-refractivity contribution in [2.75, 3.05) is 13.2 Å². The average Bonchev–Trinajstić information content (AvgIpc) is 2.86. The van der Waals surface area contributed by atoms with E-state index in [0.717, 1.165) is 29.0 Å². The molecule has 1 unspecified atom stereocenters. The number of aryl methyl sites for hydroxylation is 1. The predicted octanol–water partition coefficient (Wildman–Crippen LogP) is 2.64. The molecule has 2 aromatic rings. The van der Waals surface area contributed by atoms with Gasteiger partial charge in [-0.3, -0.25) is 0 Å². The van der Waals surface area contributed by atoms with Crippen molar-refractivity contribution in [1.29, 1.82) is 0 Å². The lowest BCUT2D eigenvalue weighted by molar-refractivity contribution is 0.0819. The smallest absolute Gasteiger partial charge is 0.161 e. The van der Waals surface area contributed by atoms with E-state index in [9.17, 15) is 5.11 Å². The Bertz CT molecular complexity index is 665. The summed E-state index contributed by atoms with van der Waals surface area (Å²) >= 11 is 0. The first-order chi connectivity index (χ1) is 9.77. The Hall–Kier alpha value is -2.00. The number of hydrogen-bond donors (Lipinski definition) is 1. The number of fused-ring (bicyclic) bond motifs is 2. The van der Waals surface area contributed by atoms with Crippen LogP contribution in [0.3, 0.4) is 0 Å². The van der Waals surface area contributed by atoms with Gasteiger partial charge in [0.1, 0.15) is 18.8 Å². The molecule has 0 fully saturated rings. The molecule has 102 valence electrons. The van der Waals surface area contributed by atoms with Gasteiger partial charge in [0, 0.05) is 0 Å². The Morgan fingerprint density at radius 1 is 0.950 bits per heavy atom. The van der Waals surface area contributed by atoms with Crippen molar-refractivity contribution in [3.63, 3.8) is 0 Å². The standard InChI is InChI=1S/C17H16O3/c18-17(8-7-12-3-1-2-4-14(12)17)13-5-6-15-16(11-13)20-10-9-19-15/h1-6,11,18H,7-10H2. The van der Waals surface area contributed by atoms with Crippen molar-refractivity contribution in [3.05, 3.63) is 59.2 Å². The molecule has 0 amide bonds. The summed E-state index contributed by atoms with van der Waals surface area (Å²) in [6, 6.07) is 13.8. The molecular weight excluding hydrogens is 252 g/mol. The Labute approximate surface area is 117 Å². The maximum Gasteiger partial charge on any atom is 0.161 e. The SMILES string of the molecule is OC1(c2ccc3c(c2)OCCO3)CCc2ccccc21. The molecule has 2 aromatic carbocycles. The molecule has 1 aliphatic heterocycles. The molecule has 0 radical (unpaired) electrons. The van der Waals surface area contributed by atoms with Gasteiger partial charge in [-0.1, -0.05) is 30.3 Å². The van der Waals surface area contributed by atoms with Crippen LogP contribution in [0.1, 0.15) is 23.1 Å². The molecule has 0 saturated carbocycles. The van der Waals surface area contributed by atoms with Crippen LogP contribution in [0.15, 0.2) is 42.5 Å². The minimum absolute atomic E-state index is 0.561. The van der Waals surface area contributed by atoms with Gasteiger partial charge in [0.2, 0.25) is 0 Å². The van der Waals surface area contributed by atoms with E-state index in [-0.39, 0.29) is 0 Å². The Kier molecular flexibility index (Phi) is 2.51. The third-order valence-electron chi connectivity index (χ3n) is 4.24.